The molecule has 0 spiro atoms. The van der Waals surface area contributed by atoms with Crippen LogP contribution in [0.25, 0.3) is 11.1 Å². The molecule has 1 aliphatic carbocycles. The van der Waals surface area contributed by atoms with Crippen LogP contribution in [0.4, 0.5) is 4.79 Å². The van der Waals surface area contributed by atoms with Gasteiger partial charge in [-0.3, -0.25) is 4.79 Å². The molecule has 2 N–H and O–H groups in total. The molecule has 0 bridgehead atoms. The number of hydrogen-bond acceptors (Lipinski definition) is 6. The summed E-state index contributed by atoms with van der Waals surface area (Å²) in [4.78, 5) is 42.9. The van der Waals surface area contributed by atoms with Crippen molar-refractivity contribution in [3.8, 4) is 11.1 Å². The Bertz CT molecular complexity index is 1260. The fraction of sp³-hybridized carbons (Fsp3) is 0.308. The number of carbonyl (C=O) groups excluding carboxylic acids is 2. The van der Waals surface area contributed by atoms with Crippen LogP contribution in [0.5, 0.6) is 0 Å². The first-order valence-electron chi connectivity index (χ1n) is 11.5. The molecular formula is C26H25N3O5S. The molecule has 0 saturated carbocycles. The zero-order valence-electron chi connectivity index (χ0n) is 19.2. The van der Waals surface area contributed by atoms with E-state index in [1.165, 1.54) is 11.1 Å². The number of carboxylic acid groups (broad SMARTS) is 1. The summed E-state index contributed by atoms with van der Waals surface area (Å²) >= 11 is 1.14. The van der Waals surface area contributed by atoms with Gasteiger partial charge in [-0.15, -0.1) is 11.3 Å². The van der Waals surface area contributed by atoms with Gasteiger partial charge in [-0.1, -0.05) is 48.5 Å². The van der Waals surface area contributed by atoms with Gasteiger partial charge >= 0.3 is 12.1 Å². The Morgan fingerprint density at radius 3 is 2.46 bits per heavy atom. The van der Waals surface area contributed by atoms with Gasteiger partial charge in [-0.2, -0.15) is 0 Å². The molecule has 2 aliphatic rings. The number of alkyl carbamates (subject to hydrolysis) is 1. The highest BCUT2D eigenvalue weighted by Gasteiger charge is 2.46. The lowest BCUT2D eigenvalue weighted by Crippen LogP contribution is -2.50. The maximum atomic E-state index is 12.9. The lowest BCUT2D eigenvalue weighted by atomic mass is 9.98. The molecule has 2 heterocycles. The molecule has 2 amide bonds. The molecule has 8 nitrogen and oxygen atoms in total. The summed E-state index contributed by atoms with van der Waals surface area (Å²) < 4.78 is 5.54. The number of rotatable bonds is 6. The Morgan fingerprint density at radius 1 is 1.14 bits per heavy atom. The maximum Gasteiger partial charge on any atom is 0.407 e. The number of nitrogens with one attached hydrogen (secondary N) is 1. The number of fused-ring (bicyclic) bond motifs is 3. The molecule has 1 atom stereocenters. The smallest absolute Gasteiger partial charge is 0.407 e. The summed E-state index contributed by atoms with van der Waals surface area (Å²) in [5.41, 5.74) is 3.39. The fourth-order valence-electron chi connectivity index (χ4n) is 4.93. The van der Waals surface area contributed by atoms with E-state index in [9.17, 15) is 19.5 Å². The average Bonchev–Trinajstić information content (AvgIpc) is 3.57. The number of nitrogens with zero attached hydrogens (tertiary/aromatic N) is 2. The second-order valence-electron chi connectivity index (χ2n) is 8.94. The highest BCUT2D eigenvalue weighted by molar-refractivity contribution is 7.13. The molecule has 2 aromatic carbocycles. The lowest BCUT2D eigenvalue weighted by molar-refractivity contribution is -0.147. The maximum absolute atomic E-state index is 12.9. The van der Waals surface area contributed by atoms with E-state index < -0.39 is 17.6 Å². The average molecular weight is 492 g/mol. The third kappa shape index (κ3) is 4.16. The number of carbonyl (C=O) groups is 3. The van der Waals surface area contributed by atoms with E-state index in [1.807, 2.05) is 24.3 Å². The van der Waals surface area contributed by atoms with Crippen LogP contribution in [0.15, 0.2) is 54.7 Å². The van der Waals surface area contributed by atoms with E-state index in [0.717, 1.165) is 33.6 Å². The third-order valence-electron chi connectivity index (χ3n) is 6.84. The first-order valence-corrected chi connectivity index (χ1v) is 12.3. The number of aromatic nitrogens is 1. The van der Waals surface area contributed by atoms with Crippen molar-refractivity contribution in [3.63, 3.8) is 0 Å². The Labute approximate surface area is 206 Å². The summed E-state index contributed by atoms with van der Waals surface area (Å²) in [6.45, 7) is 2.29. The molecule has 1 fully saturated rings. The molecule has 1 aromatic heterocycles. The number of ether oxygens (including phenoxy) is 1. The molecule has 3 aromatic rings. The number of thiazole rings is 1. The predicted molar refractivity (Wildman–Crippen MR) is 130 cm³/mol. The molecule has 0 unspecified atom stereocenters. The van der Waals surface area contributed by atoms with Crippen LogP contribution < -0.4 is 5.32 Å². The molecule has 35 heavy (non-hydrogen) atoms. The normalized spacial score (nSPS) is 18.7. The molecule has 0 radical (unpaired) electrons. The molecule has 9 heteroatoms. The van der Waals surface area contributed by atoms with Gasteiger partial charge in [0.05, 0.1) is 12.7 Å². The first kappa shape index (κ1) is 23.0. The molecule has 5 rings (SSSR count). The Balaban J connectivity index is 1.18. The first-order chi connectivity index (χ1) is 16.9. The summed E-state index contributed by atoms with van der Waals surface area (Å²) in [5.74, 6) is -1.39. The van der Waals surface area contributed by atoms with E-state index in [2.05, 4.69) is 34.6 Å². The van der Waals surface area contributed by atoms with Gasteiger partial charge in [0, 0.05) is 12.5 Å². The highest BCUT2D eigenvalue weighted by Crippen LogP contribution is 2.44. The highest BCUT2D eigenvalue weighted by atomic mass is 32.1. The molecular weight excluding hydrogens is 466 g/mol. The number of carboxylic acids is 1. The Morgan fingerprint density at radius 2 is 1.80 bits per heavy atom. The second kappa shape index (κ2) is 9.14. The van der Waals surface area contributed by atoms with Crippen LogP contribution in [-0.2, 0) is 16.1 Å². The van der Waals surface area contributed by atoms with E-state index in [4.69, 9.17) is 4.74 Å². The van der Waals surface area contributed by atoms with Crippen LogP contribution in [-0.4, -0.2) is 51.7 Å². The van der Waals surface area contributed by atoms with Crippen molar-refractivity contribution >= 4 is 29.3 Å². The minimum absolute atomic E-state index is 0.0266. The van der Waals surface area contributed by atoms with Crippen molar-refractivity contribution in [1.29, 1.82) is 0 Å². The van der Waals surface area contributed by atoms with Crippen molar-refractivity contribution in [1.82, 2.24) is 15.2 Å². The van der Waals surface area contributed by atoms with Gasteiger partial charge in [0.25, 0.3) is 5.91 Å². The zero-order chi connectivity index (χ0) is 24.6. The van der Waals surface area contributed by atoms with E-state index >= 15 is 0 Å². The lowest BCUT2D eigenvalue weighted by Gasteiger charge is -2.30. The second-order valence-corrected chi connectivity index (χ2v) is 10.1. The van der Waals surface area contributed by atoms with Crippen LogP contribution in [0, 0.1) is 0 Å². The fourth-order valence-corrected chi connectivity index (χ4v) is 5.74. The van der Waals surface area contributed by atoms with E-state index in [1.54, 1.807) is 6.92 Å². The number of benzene rings is 2. The standard InChI is InChI=1S/C26H25N3O5S/c1-26(24(31)32)11-6-12-29(26)23(30)21-13-27-22(35-21)14-28-25(33)34-15-20-18-9-4-2-7-16(18)17-8-3-5-10-19(17)20/h2-5,7-10,13,20H,6,11-12,14-15H2,1H3,(H,28,33)(H,31,32)/t26-/m0/s1. The molecule has 1 saturated heterocycles. The Hall–Kier alpha value is -3.72. The van der Waals surface area contributed by atoms with Gasteiger partial charge < -0.3 is 20.1 Å². The van der Waals surface area contributed by atoms with Gasteiger partial charge in [-0.05, 0) is 42.0 Å². The van der Waals surface area contributed by atoms with E-state index in [0.29, 0.717) is 29.3 Å². The van der Waals surface area contributed by atoms with Crippen molar-refractivity contribution in [2.45, 2.75) is 37.8 Å². The van der Waals surface area contributed by atoms with Crippen molar-refractivity contribution < 1.29 is 24.2 Å². The minimum atomic E-state index is -1.21. The van der Waals surface area contributed by atoms with Crippen LogP contribution in [0.1, 0.15) is 51.5 Å². The van der Waals surface area contributed by atoms with Crippen molar-refractivity contribution in [2.24, 2.45) is 0 Å². The predicted octanol–water partition coefficient (Wildman–Crippen LogP) is 4.26. The van der Waals surface area contributed by atoms with Crippen LogP contribution in [0.2, 0.25) is 0 Å². The van der Waals surface area contributed by atoms with Crippen LogP contribution >= 0.6 is 11.3 Å². The number of aliphatic carboxylic acids is 1. The quantitative estimate of drug-likeness (QED) is 0.533. The third-order valence-corrected chi connectivity index (χ3v) is 7.82. The van der Waals surface area contributed by atoms with Crippen molar-refractivity contribution in [2.75, 3.05) is 13.2 Å². The van der Waals surface area contributed by atoms with Gasteiger partial charge in [0.2, 0.25) is 0 Å². The minimum Gasteiger partial charge on any atom is -0.480 e. The summed E-state index contributed by atoms with van der Waals surface area (Å²) in [6.07, 6.45) is 1.93. The largest absolute Gasteiger partial charge is 0.480 e. The zero-order valence-corrected chi connectivity index (χ0v) is 20.0. The molecule has 1 aliphatic heterocycles. The van der Waals surface area contributed by atoms with Gasteiger partial charge in [-0.25, -0.2) is 14.6 Å². The van der Waals surface area contributed by atoms with Gasteiger partial charge in [0.15, 0.2) is 0 Å². The Kier molecular flexibility index (Phi) is 6.02. The number of hydrogen-bond donors (Lipinski definition) is 2. The topological polar surface area (TPSA) is 109 Å². The molecule has 180 valence electrons. The summed E-state index contributed by atoms with van der Waals surface area (Å²) in [6, 6.07) is 16.3. The van der Waals surface area contributed by atoms with Crippen molar-refractivity contribution in [3.05, 3.63) is 75.7 Å². The summed E-state index contributed by atoms with van der Waals surface area (Å²) in [7, 11) is 0. The van der Waals surface area contributed by atoms with Gasteiger partial charge in [0.1, 0.15) is 22.0 Å². The number of amides is 2. The summed E-state index contributed by atoms with van der Waals surface area (Å²) in [5, 5.41) is 12.8. The SMILES string of the molecule is C[C@@]1(C(=O)O)CCCN1C(=O)c1cnc(CNC(=O)OCC2c3ccccc3-c3ccccc32)s1. The van der Waals surface area contributed by atoms with Crippen LogP contribution in [0.3, 0.4) is 0 Å². The van der Waals surface area contributed by atoms with E-state index in [-0.39, 0.29) is 25.0 Å². The monoisotopic (exact) mass is 491 g/mol. The number of likely N-dealkylation sites (tertiary alicyclic amines) is 1.